The van der Waals surface area contributed by atoms with Gasteiger partial charge in [-0.3, -0.25) is 9.69 Å². The van der Waals surface area contributed by atoms with Crippen molar-refractivity contribution in [2.75, 3.05) is 19.6 Å². The lowest BCUT2D eigenvalue weighted by Gasteiger charge is -2.42. The van der Waals surface area contributed by atoms with Crippen molar-refractivity contribution in [2.45, 2.75) is 52.1 Å². The number of hydrogen-bond acceptors (Lipinski definition) is 3. The summed E-state index contributed by atoms with van der Waals surface area (Å²) >= 11 is 0. The van der Waals surface area contributed by atoms with E-state index in [9.17, 15) is 4.79 Å². The van der Waals surface area contributed by atoms with Crippen LogP contribution in [0.25, 0.3) is 0 Å². The fourth-order valence-electron chi connectivity index (χ4n) is 2.24. The molecule has 0 aliphatic heterocycles. The summed E-state index contributed by atoms with van der Waals surface area (Å²) in [5.74, 6) is 0.0122. The van der Waals surface area contributed by atoms with Crippen molar-refractivity contribution in [1.29, 1.82) is 0 Å². The predicted molar refractivity (Wildman–Crippen MR) is 69.2 cm³/mol. The largest absolute Gasteiger partial charge is 0.480 e. The van der Waals surface area contributed by atoms with Crippen LogP contribution >= 0.6 is 0 Å². The van der Waals surface area contributed by atoms with Crippen molar-refractivity contribution in [2.24, 2.45) is 5.92 Å². The highest BCUT2D eigenvalue weighted by atomic mass is 16.4. The summed E-state index contributed by atoms with van der Waals surface area (Å²) < 4.78 is 0. The van der Waals surface area contributed by atoms with Crippen LogP contribution in [0.2, 0.25) is 0 Å². The summed E-state index contributed by atoms with van der Waals surface area (Å²) in [6, 6.07) is 1.06. The van der Waals surface area contributed by atoms with E-state index >= 15 is 0 Å². The number of nitrogens with one attached hydrogen (secondary N) is 1. The molecule has 0 aromatic carbocycles. The number of carboxylic acid groups (broad SMARTS) is 1. The zero-order valence-electron chi connectivity index (χ0n) is 11.3. The van der Waals surface area contributed by atoms with Gasteiger partial charge in [0.1, 0.15) is 0 Å². The molecule has 1 fully saturated rings. The highest BCUT2D eigenvalue weighted by Gasteiger charge is 2.33. The first-order valence-electron chi connectivity index (χ1n) is 6.76. The lowest BCUT2D eigenvalue weighted by molar-refractivity contribution is -0.139. The Labute approximate surface area is 104 Å². The average Bonchev–Trinajstić information content (AvgIpc) is 2.24. The van der Waals surface area contributed by atoms with Crippen LogP contribution in [0.5, 0.6) is 0 Å². The molecule has 4 nitrogen and oxygen atoms in total. The monoisotopic (exact) mass is 242 g/mol. The van der Waals surface area contributed by atoms with Gasteiger partial charge in [-0.1, -0.05) is 27.2 Å². The number of aliphatic carboxylic acids is 1. The van der Waals surface area contributed by atoms with E-state index in [-0.39, 0.29) is 6.54 Å². The van der Waals surface area contributed by atoms with Crippen molar-refractivity contribution in [3.63, 3.8) is 0 Å². The quantitative estimate of drug-likeness (QED) is 0.678. The molecule has 4 heteroatoms. The van der Waals surface area contributed by atoms with E-state index in [0.717, 1.165) is 31.8 Å². The van der Waals surface area contributed by atoms with Crippen LogP contribution in [0.1, 0.15) is 40.0 Å². The van der Waals surface area contributed by atoms with E-state index in [4.69, 9.17) is 5.11 Å². The van der Waals surface area contributed by atoms with Crippen LogP contribution in [-0.4, -0.2) is 47.7 Å². The minimum Gasteiger partial charge on any atom is -0.480 e. The van der Waals surface area contributed by atoms with Crippen molar-refractivity contribution in [3.8, 4) is 0 Å². The average molecular weight is 242 g/mol. The van der Waals surface area contributed by atoms with E-state index in [1.54, 1.807) is 0 Å². The second-order valence-corrected chi connectivity index (χ2v) is 5.20. The molecule has 0 radical (unpaired) electrons. The molecule has 1 saturated carbocycles. The van der Waals surface area contributed by atoms with Crippen LogP contribution in [0.15, 0.2) is 0 Å². The summed E-state index contributed by atoms with van der Waals surface area (Å²) in [5.41, 5.74) is 0. The molecule has 1 aliphatic carbocycles. The molecule has 1 unspecified atom stereocenters. The molecule has 1 rings (SSSR count). The zero-order valence-corrected chi connectivity index (χ0v) is 11.3. The van der Waals surface area contributed by atoms with E-state index in [1.165, 1.54) is 6.42 Å². The van der Waals surface area contributed by atoms with Gasteiger partial charge < -0.3 is 10.4 Å². The first kappa shape index (κ1) is 14.5. The summed E-state index contributed by atoms with van der Waals surface area (Å²) in [7, 11) is 0. The van der Waals surface area contributed by atoms with Crippen LogP contribution in [0.3, 0.4) is 0 Å². The Morgan fingerprint density at radius 2 is 2.12 bits per heavy atom. The molecule has 0 spiro atoms. The number of hydrogen-bond donors (Lipinski definition) is 2. The molecule has 0 amide bonds. The van der Waals surface area contributed by atoms with Gasteiger partial charge in [-0.2, -0.15) is 0 Å². The summed E-state index contributed by atoms with van der Waals surface area (Å²) in [5, 5.41) is 12.4. The first-order valence-corrected chi connectivity index (χ1v) is 6.76. The maximum Gasteiger partial charge on any atom is 0.317 e. The maximum absolute atomic E-state index is 10.7. The Kier molecular flexibility index (Phi) is 5.92. The number of carboxylic acids is 1. The predicted octanol–water partition coefficient (Wildman–Crippen LogP) is 1.56. The van der Waals surface area contributed by atoms with E-state index in [1.807, 2.05) is 6.92 Å². The lowest BCUT2D eigenvalue weighted by Crippen LogP contribution is -2.54. The lowest BCUT2D eigenvalue weighted by atomic mass is 9.85. The van der Waals surface area contributed by atoms with E-state index < -0.39 is 5.97 Å². The number of likely N-dealkylation sites (N-methyl/N-ethyl adjacent to an activating group) is 1. The normalized spacial score (nSPS) is 25.6. The molecule has 0 saturated heterocycles. The highest BCUT2D eigenvalue weighted by Crippen LogP contribution is 2.25. The van der Waals surface area contributed by atoms with Crippen molar-refractivity contribution >= 4 is 5.97 Å². The van der Waals surface area contributed by atoms with Crippen LogP contribution in [0, 0.1) is 5.92 Å². The summed E-state index contributed by atoms with van der Waals surface area (Å²) in [4.78, 5) is 12.8. The smallest absolute Gasteiger partial charge is 0.317 e. The second-order valence-electron chi connectivity index (χ2n) is 5.20. The SMILES string of the molecule is CCC(C)CNC1CC(N(CC)CC(=O)O)C1. The van der Waals surface area contributed by atoms with Crippen molar-refractivity contribution < 1.29 is 9.90 Å². The maximum atomic E-state index is 10.7. The fraction of sp³-hybridized carbons (Fsp3) is 0.923. The molecule has 0 aromatic rings. The van der Waals surface area contributed by atoms with Gasteiger partial charge >= 0.3 is 5.97 Å². The number of nitrogens with zero attached hydrogens (tertiary/aromatic N) is 1. The second kappa shape index (κ2) is 6.97. The van der Waals surface area contributed by atoms with E-state index in [2.05, 4.69) is 24.1 Å². The molecule has 1 aliphatic rings. The molecule has 0 aromatic heterocycles. The molecular weight excluding hydrogens is 216 g/mol. The molecular formula is C13H26N2O2. The molecule has 2 N–H and O–H groups in total. The molecule has 100 valence electrons. The van der Waals surface area contributed by atoms with Gasteiger partial charge in [-0.05, 0) is 31.8 Å². The summed E-state index contributed by atoms with van der Waals surface area (Å²) in [6.07, 6.45) is 3.40. The van der Waals surface area contributed by atoms with Crippen LogP contribution in [-0.2, 0) is 4.79 Å². The first-order chi connectivity index (χ1) is 8.06. The Hall–Kier alpha value is -0.610. The highest BCUT2D eigenvalue weighted by molar-refractivity contribution is 5.69. The topological polar surface area (TPSA) is 52.6 Å². The molecule has 0 heterocycles. The van der Waals surface area contributed by atoms with Gasteiger partial charge in [-0.25, -0.2) is 0 Å². The van der Waals surface area contributed by atoms with E-state index in [0.29, 0.717) is 12.1 Å². The Balaban J connectivity index is 2.18. The Bertz CT molecular complexity index is 240. The Morgan fingerprint density at radius 3 is 2.59 bits per heavy atom. The van der Waals surface area contributed by atoms with Crippen LogP contribution < -0.4 is 5.32 Å². The molecule has 1 atom stereocenters. The molecule has 17 heavy (non-hydrogen) atoms. The number of rotatable bonds is 8. The van der Waals surface area contributed by atoms with Crippen LogP contribution in [0.4, 0.5) is 0 Å². The Morgan fingerprint density at radius 1 is 1.47 bits per heavy atom. The zero-order chi connectivity index (χ0) is 12.8. The van der Waals surface area contributed by atoms with Gasteiger partial charge in [-0.15, -0.1) is 0 Å². The van der Waals surface area contributed by atoms with Gasteiger partial charge in [0.05, 0.1) is 6.54 Å². The third kappa shape index (κ3) is 4.64. The summed E-state index contributed by atoms with van der Waals surface area (Å²) in [6.45, 7) is 8.59. The minimum atomic E-state index is -0.720. The van der Waals surface area contributed by atoms with Gasteiger partial charge in [0.25, 0.3) is 0 Å². The van der Waals surface area contributed by atoms with Crippen molar-refractivity contribution in [3.05, 3.63) is 0 Å². The van der Waals surface area contributed by atoms with Gasteiger partial charge in [0.15, 0.2) is 0 Å². The third-order valence-electron chi connectivity index (χ3n) is 3.83. The third-order valence-corrected chi connectivity index (χ3v) is 3.83. The van der Waals surface area contributed by atoms with Crippen molar-refractivity contribution in [1.82, 2.24) is 10.2 Å². The standard InChI is InChI=1S/C13H26N2O2/c1-4-10(3)8-14-11-6-12(7-11)15(5-2)9-13(16)17/h10-12,14H,4-9H2,1-3H3,(H,16,17). The van der Waals surface area contributed by atoms with Gasteiger partial charge in [0.2, 0.25) is 0 Å². The fourth-order valence-corrected chi connectivity index (χ4v) is 2.24. The minimum absolute atomic E-state index is 0.180. The van der Waals surface area contributed by atoms with Gasteiger partial charge in [0, 0.05) is 12.1 Å². The number of carbonyl (C=O) groups is 1. The molecule has 0 bridgehead atoms.